The number of nitrogens with zero attached hydrogens (tertiary/aromatic N) is 1. The maximum Gasteiger partial charge on any atom is 0.416 e. The van der Waals surface area contributed by atoms with E-state index in [9.17, 15) is 26.4 Å². The molecule has 0 fully saturated rings. The largest absolute Gasteiger partial charge is 0.495 e. The second-order valence-electron chi connectivity index (χ2n) is 6.89. The van der Waals surface area contributed by atoms with Crippen molar-refractivity contribution >= 4 is 33.2 Å². The van der Waals surface area contributed by atoms with E-state index in [1.165, 1.54) is 43.5 Å². The van der Waals surface area contributed by atoms with Crippen LogP contribution in [-0.2, 0) is 22.7 Å². The minimum absolute atomic E-state index is 0.0902. The number of alkyl halides is 3. The Balaban J connectivity index is 2.18. The highest BCUT2D eigenvalue weighted by Crippen LogP contribution is 2.38. The molecule has 1 amide bonds. The van der Waals surface area contributed by atoms with Gasteiger partial charge in [-0.15, -0.1) is 0 Å². The van der Waals surface area contributed by atoms with Crippen LogP contribution in [0.5, 0.6) is 5.75 Å². The van der Waals surface area contributed by atoms with E-state index in [-0.39, 0.29) is 28.6 Å². The van der Waals surface area contributed by atoms with Crippen molar-refractivity contribution in [2.75, 3.05) is 11.4 Å². The summed E-state index contributed by atoms with van der Waals surface area (Å²) in [6.45, 7) is -0.283. The van der Waals surface area contributed by atoms with Crippen LogP contribution in [0.1, 0.15) is 21.5 Å². The summed E-state index contributed by atoms with van der Waals surface area (Å²) < 4.78 is 73.2. The van der Waals surface area contributed by atoms with Crippen molar-refractivity contribution in [1.29, 1.82) is 0 Å². The standard InChI is InChI=1S/C22H18ClF3N2O4S/c1-32-19-5-3-2-4-18(19)28(13-14-6-8-15(9-7-14)21(27)29)33(30,31)20-12-16(22(24,25)26)10-11-17(20)23/h2-12H,13H2,1H3,(H2,27,29). The highest BCUT2D eigenvalue weighted by atomic mass is 35.5. The molecule has 0 spiro atoms. The topological polar surface area (TPSA) is 89.7 Å². The molecule has 174 valence electrons. The van der Waals surface area contributed by atoms with Crippen LogP contribution < -0.4 is 14.8 Å². The minimum Gasteiger partial charge on any atom is -0.495 e. The van der Waals surface area contributed by atoms with Crippen LogP contribution >= 0.6 is 11.6 Å². The molecule has 0 radical (unpaired) electrons. The molecular formula is C22H18ClF3N2O4S. The number of carbonyl (C=O) groups is 1. The second-order valence-corrected chi connectivity index (χ2v) is 9.13. The first-order chi connectivity index (χ1) is 15.4. The number of rotatable bonds is 7. The van der Waals surface area contributed by atoms with Crippen molar-refractivity contribution in [3.05, 3.63) is 88.4 Å². The lowest BCUT2D eigenvalue weighted by atomic mass is 10.1. The van der Waals surface area contributed by atoms with Crippen LogP contribution in [0.2, 0.25) is 5.02 Å². The molecule has 0 aromatic heterocycles. The fraction of sp³-hybridized carbons (Fsp3) is 0.136. The zero-order valence-electron chi connectivity index (χ0n) is 17.1. The molecule has 0 aliphatic carbocycles. The number of anilines is 1. The van der Waals surface area contributed by atoms with Gasteiger partial charge in [-0.1, -0.05) is 35.9 Å². The lowest BCUT2D eigenvalue weighted by Gasteiger charge is -2.27. The van der Waals surface area contributed by atoms with E-state index in [4.69, 9.17) is 22.1 Å². The molecule has 3 aromatic rings. The highest BCUT2D eigenvalue weighted by molar-refractivity contribution is 7.93. The molecular weight excluding hydrogens is 481 g/mol. The van der Waals surface area contributed by atoms with Gasteiger partial charge in [-0.05, 0) is 48.0 Å². The van der Waals surface area contributed by atoms with E-state index in [1.807, 2.05) is 0 Å². The van der Waals surface area contributed by atoms with Crippen molar-refractivity contribution in [3.63, 3.8) is 0 Å². The number of benzene rings is 3. The Kier molecular flexibility index (Phi) is 6.89. The molecule has 3 aromatic carbocycles. The number of para-hydroxylation sites is 2. The fourth-order valence-corrected chi connectivity index (χ4v) is 5.04. The summed E-state index contributed by atoms with van der Waals surface area (Å²) in [5, 5.41) is -0.369. The summed E-state index contributed by atoms with van der Waals surface area (Å²) in [6.07, 6.45) is -4.77. The van der Waals surface area contributed by atoms with E-state index < -0.39 is 32.6 Å². The molecule has 0 aliphatic heterocycles. The fourth-order valence-electron chi connectivity index (χ4n) is 3.07. The maximum absolute atomic E-state index is 13.6. The number of hydrogen-bond acceptors (Lipinski definition) is 4. The van der Waals surface area contributed by atoms with E-state index in [1.54, 1.807) is 12.1 Å². The Labute approximate surface area is 193 Å². The van der Waals surface area contributed by atoms with Crippen LogP contribution in [-0.4, -0.2) is 21.4 Å². The van der Waals surface area contributed by atoms with E-state index in [0.29, 0.717) is 17.7 Å². The van der Waals surface area contributed by atoms with Crippen molar-refractivity contribution in [2.45, 2.75) is 17.6 Å². The first-order valence-corrected chi connectivity index (χ1v) is 11.2. The summed E-state index contributed by atoms with van der Waals surface area (Å²) in [6, 6.07) is 14.1. The van der Waals surface area contributed by atoms with Gasteiger partial charge in [0.1, 0.15) is 10.6 Å². The Hall–Kier alpha value is -3.24. The lowest BCUT2D eigenvalue weighted by molar-refractivity contribution is -0.137. The van der Waals surface area contributed by atoms with Gasteiger partial charge in [0.15, 0.2) is 0 Å². The van der Waals surface area contributed by atoms with Gasteiger partial charge < -0.3 is 10.5 Å². The number of hydrogen-bond donors (Lipinski definition) is 1. The number of nitrogens with two attached hydrogens (primary N) is 1. The molecule has 0 aliphatic rings. The highest BCUT2D eigenvalue weighted by Gasteiger charge is 2.35. The average Bonchev–Trinajstić information content (AvgIpc) is 2.77. The SMILES string of the molecule is COc1ccccc1N(Cc1ccc(C(N)=O)cc1)S(=O)(=O)c1cc(C(F)(F)F)ccc1Cl. The zero-order valence-corrected chi connectivity index (χ0v) is 18.7. The Morgan fingerprint density at radius 1 is 1.06 bits per heavy atom. The van der Waals surface area contributed by atoms with Crippen LogP contribution in [0, 0.1) is 0 Å². The molecule has 0 saturated heterocycles. The molecule has 0 unspecified atom stereocenters. The monoisotopic (exact) mass is 498 g/mol. The number of primary amides is 1. The van der Waals surface area contributed by atoms with E-state index >= 15 is 0 Å². The molecule has 2 N–H and O–H groups in total. The number of carbonyl (C=O) groups excluding carboxylic acids is 1. The smallest absolute Gasteiger partial charge is 0.416 e. The van der Waals surface area contributed by atoms with Gasteiger partial charge >= 0.3 is 6.18 Å². The van der Waals surface area contributed by atoms with Gasteiger partial charge in [-0.3, -0.25) is 9.10 Å². The Morgan fingerprint density at radius 2 is 1.70 bits per heavy atom. The number of amides is 1. The Bertz CT molecular complexity index is 1280. The average molecular weight is 499 g/mol. The van der Waals surface area contributed by atoms with Crippen molar-refractivity contribution in [2.24, 2.45) is 5.73 Å². The van der Waals surface area contributed by atoms with Gasteiger partial charge in [-0.2, -0.15) is 13.2 Å². The third kappa shape index (κ3) is 5.23. The van der Waals surface area contributed by atoms with Gasteiger partial charge in [0.05, 0.1) is 29.9 Å². The first kappa shape index (κ1) is 24.4. The number of methoxy groups -OCH3 is 1. The summed E-state index contributed by atoms with van der Waals surface area (Å²) in [7, 11) is -3.26. The maximum atomic E-state index is 13.6. The van der Waals surface area contributed by atoms with Gasteiger partial charge in [-0.25, -0.2) is 8.42 Å². The van der Waals surface area contributed by atoms with Crippen LogP contribution in [0.25, 0.3) is 0 Å². The molecule has 11 heteroatoms. The van der Waals surface area contributed by atoms with Crippen molar-refractivity contribution in [1.82, 2.24) is 0 Å². The van der Waals surface area contributed by atoms with Gasteiger partial charge in [0.25, 0.3) is 10.0 Å². The van der Waals surface area contributed by atoms with Gasteiger partial charge in [0, 0.05) is 5.56 Å². The summed E-state index contributed by atoms with van der Waals surface area (Å²) in [5.41, 5.74) is 4.83. The minimum atomic E-state index is -4.77. The predicted molar refractivity (Wildman–Crippen MR) is 118 cm³/mol. The molecule has 3 rings (SSSR count). The second kappa shape index (κ2) is 9.32. The van der Waals surface area contributed by atoms with Crippen molar-refractivity contribution < 1.29 is 31.1 Å². The molecule has 0 bridgehead atoms. The summed E-state index contributed by atoms with van der Waals surface area (Å²) in [4.78, 5) is 10.6. The first-order valence-electron chi connectivity index (χ1n) is 9.36. The third-order valence-electron chi connectivity index (χ3n) is 4.75. The number of sulfonamides is 1. The lowest BCUT2D eigenvalue weighted by Crippen LogP contribution is -2.31. The van der Waals surface area contributed by atoms with Crippen LogP contribution in [0.4, 0.5) is 18.9 Å². The zero-order chi connectivity index (χ0) is 24.4. The molecule has 0 atom stereocenters. The molecule has 0 heterocycles. The quantitative estimate of drug-likeness (QED) is 0.503. The predicted octanol–water partition coefficient (Wildman–Crippen LogP) is 4.86. The number of ether oxygens (including phenoxy) is 1. The molecule has 33 heavy (non-hydrogen) atoms. The summed E-state index contributed by atoms with van der Waals surface area (Å²) in [5.74, 6) is -0.482. The Morgan fingerprint density at radius 3 is 2.27 bits per heavy atom. The number of halogens is 4. The van der Waals surface area contributed by atoms with E-state index in [2.05, 4.69) is 0 Å². The van der Waals surface area contributed by atoms with Crippen molar-refractivity contribution in [3.8, 4) is 5.75 Å². The van der Waals surface area contributed by atoms with Crippen LogP contribution in [0.3, 0.4) is 0 Å². The summed E-state index contributed by atoms with van der Waals surface area (Å²) >= 11 is 6.04. The third-order valence-corrected chi connectivity index (χ3v) is 6.99. The molecule has 6 nitrogen and oxygen atoms in total. The normalized spacial score (nSPS) is 11.8. The van der Waals surface area contributed by atoms with E-state index in [0.717, 1.165) is 10.4 Å². The van der Waals surface area contributed by atoms with Crippen LogP contribution in [0.15, 0.2) is 71.6 Å². The molecule has 0 saturated carbocycles. The van der Waals surface area contributed by atoms with Gasteiger partial charge in [0.2, 0.25) is 5.91 Å².